The molecule has 3 nitrogen and oxygen atoms in total. The molecule has 7 rings (SSSR count). The standard InChI is InChI=1S/C32H19NO2/c34-33(35)23-17-18-24-27(19-23)30(22-11-5-2-6-12-22)32-26-16-8-14-20-13-7-15-25(28(20)26)31(32)29(24)21-9-3-1-4-10-21/h1-19H. The lowest BCUT2D eigenvalue weighted by Crippen LogP contribution is -1.95. The lowest BCUT2D eigenvalue weighted by Gasteiger charge is -2.20. The second-order valence-electron chi connectivity index (χ2n) is 8.93. The molecule has 0 saturated heterocycles. The van der Waals surface area contributed by atoms with Crippen molar-refractivity contribution in [2.45, 2.75) is 0 Å². The summed E-state index contributed by atoms with van der Waals surface area (Å²) in [6.07, 6.45) is 0. The van der Waals surface area contributed by atoms with Crippen LogP contribution in [0.15, 0.2) is 115 Å². The van der Waals surface area contributed by atoms with E-state index in [0.717, 1.165) is 38.6 Å². The van der Waals surface area contributed by atoms with E-state index in [9.17, 15) is 10.1 Å². The van der Waals surface area contributed by atoms with Gasteiger partial charge < -0.3 is 0 Å². The van der Waals surface area contributed by atoms with Gasteiger partial charge in [-0.1, -0.05) is 97.1 Å². The third-order valence-corrected chi connectivity index (χ3v) is 7.07. The highest BCUT2D eigenvalue weighted by atomic mass is 16.6. The predicted octanol–water partition coefficient (Wildman–Crippen LogP) is 8.88. The number of non-ortho nitro benzene ring substituents is 1. The third kappa shape index (κ3) is 2.79. The Morgan fingerprint density at radius 2 is 1.06 bits per heavy atom. The van der Waals surface area contributed by atoms with Crippen LogP contribution in [0.1, 0.15) is 0 Å². The van der Waals surface area contributed by atoms with Crippen molar-refractivity contribution in [3.63, 3.8) is 0 Å². The fourth-order valence-electron chi connectivity index (χ4n) is 5.70. The number of nitro groups is 1. The van der Waals surface area contributed by atoms with Gasteiger partial charge in [-0.15, -0.1) is 0 Å². The van der Waals surface area contributed by atoms with Gasteiger partial charge >= 0.3 is 0 Å². The zero-order valence-electron chi connectivity index (χ0n) is 18.7. The van der Waals surface area contributed by atoms with Crippen LogP contribution in [0.3, 0.4) is 0 Å². The molecular formula is C32H19NO2. The largest absolute Gasteiger partial charge is 0.270 e. The van der Waals surface area contributed by atoms with Crippen molar-refractivity contribution >= 4 is 27.2 Å². The SMILES string of the molecule is O=[N+]([O-])c1ccc2c(-c3ccccc3)c3c(c(-c4ccccc4)c2c1)-c1cccc2cccc-3c12. The zero-order valence-corrected chi connectivity index (χ0v) is 18.7. The van der Waals surface area contributed by atoms with Crippen molar-refractivity contribution in [2.24, 2.45) is 0 Å². The fourth-order valence-corrected chi connectivity index (χ4v) is 5.70. The van der Waals surface area contributed by atoms with Gasteiger partial charge in [-0.2, -0.15) is 0 Å². The van der Waals surface area contributed by atoms with E-state index in [2.05, 4.69) is 60.7 Å². The van der Waals surface area contributed by atoms with E-state index < -0.39 is 0 Å². The Labute approximate surface area is 202 Å². The van der Waals surface area contributed by atoms with E-state index in [4.69, 9.17) is 0 Å². The maximum atomic E-state index is 11.8. The van der Waals surface area contributed by atoms with E-state index in [1.165, 1.54) is 27.5 Å². The first kappa shape index (κ1) is 19.7. The molecule has 1 aliphatic carbocycles. The van der Waals surface area contributed by atoms with Crippen molar-refractivity contribution < 1.29 is 4.92 Å². The first-order valence-corrected chi connectivity index (χ1v) is 11.6. The Morgan fingerprint density at radius 3 is 1.60 bits per heavy atom. The lowest BCUT2D eigenvalue weighted by atomic mass is 9.82. The average molecular weight is 450 g/mol. The summed E-state index contributed by atoms with van der Waals surface area (Å²) in [5.41, 5.74) is 9.16. The Kier molecular flexibility index (Phi) is 4.15. The van der Waals surface area contributed by atoms with Crippen LogP contribution in [-0.2, 0) is 0 Å². The lowest BCUT2D eigenvalue weighted by molar-refractivity contribution is -0.384. The Hall–Kier alpha value is -4.76. The van der Waals surface area contributed by atoms with Crippen molar-refractivity contribution in [3.8, 4) is 44.5 Å². The number of fused-ring (bicyclic) bond motifs is 4. The summed E-state index contributed by atoms with van der Waals surface area (Å²) in [5, 5.41) is 16.2. The van der Waals surface area contributed by atoms with Crippen molar-refractivity contribution in [1.29, 1.82) is 0 Å². The normalized spacial score (nSPS) is 11.7. The molecule has 0 aliphatic heterocycles. The summed E-state index contributed by atoms with van der Waals surface area (Å²) < 4.78 is 0. The van der Waals surface area contributed by atoms with Crippen LogP contribution >= 0.6 is 0 Å². The van der Waals surface area contributed by atoms with E-state index >= 15 is 0 Å². The number of rotatable bonds is 3. The van der Waals surface area contributed by atoms with Crippen LogP contribution in [0.4, 0.5) is 5.69 Å². The maximum Gasteiger partial charge on any atom is 0.270 e. The summed E-state index contributed by atoms with van der Waals surface area (Å²) >= 11 is 0. The Bertz CT molecular complexity index is 1800. The molecule has 0 N–H and O–H groups in total. The molecule has 1 aliphatic rings. The van der Waals surface area contributed by atoms with Gasteiger partial charge in [0.25, 0.3) is 5.69 Å². The highest BCUT2D eigenvalue weighted by molar-refractivity contribution is 6.27. The molecule has 0 spiro atoms. The molecule has 0 amide bonds. The number of hydrogen-bond acceptors (Lipinski definition) is 2. The first-order valence-electron chi connectivity index (χ1n) is 11.6. The van der Waals surface area contributed by atoms with Gasteiger partial charge in [0, 0.05) is 12.1 Å². The van der Waals surface area contributed by atoms with Crippen LogP contribution in [0.2, 0.25) is 0 Å². The van der Waals surface area contributed by atoms with Crippen molar-refractivity contribution in [3.05, 3.63) is 125 Å². The van der Waals surface area contributed by atoms with Gasteiger partial charge in [-0.25, -0.2) is 0 Å². The minimum absolute atomic E-state index is 0.0994. The topological polar surface area (TPSA) is 43.1 Å². The smallest absolute Gasteiger partial charge is 0.258 e. The number of benzene rings is 6. The molecule has 0 aromatic heterocycles. The summed E-state index contributed by atoms with van der Waals surface area (Å²) in [6, 6.07) is 38.8. The van der Waals surface area contributed by atoms with Gasteiger partial charge in [0.15, 0.2) is 0 Å². The highest BCUT2D eigenvalue weighted by Crippen LogP contribution is 2.57. The van der Waals surface area contributed by atoms with E-state index in [1.54, 1.807) is 12.1 Å². The first-order chi connectivity index (χ1) is 17.2. The quantitative estimate of drug-likeness (QED) is 0.200. The molecule has 6 aromatic carbocycles. The van der Waals surface area contributed by atoms with Crippen LogP contribution < -0.4 is 0 Å². The summed E-state index contributed by atoms with van der Waals surface area (Å²) in [4.78, 5) is 11.5. The van der Waals surface area contributed by atoms with Gasteiger partial charge in [0.2, 0.25) is 0 Å². The second kappa shape index (κ2) is 7.37. The van der Waals surface area contributed by atoms with Crippen molar-refractivity contribution in [2.75, 3.05) is 0 Å². The predicted molar refractivity (Wildman–Crippen MR) is 143 cm³/mol. The maximum absolute atomic E-state index is 11.8. The van der Waals surface area contributed by atoms with Crippen LogP contribution in [0, 0.1) is 10.1 Å². The van der Waals surface area contributed by atoms with Gasteiger partial charge in [-0.3, -0.25) is 10.1 Å². The molecule has 0 bridgehead atoms. The molecule has 0 fully saturated rings. The Morgan fingerprint density at radius 1 is 0.514 bits per heavy atom. The molecule has 3 heteroatoms. The minimum atomic E-state index is -0.306. The molecular weight excluding hydrogens is 430 g/mol. The van der Waals surface area contributed by atoms with Gasteiger partial charge in [0.1, 0.15) is 0 Å². The molecule has 0 heterocycles. The van der Waals surface area contributed by atoms with Crippen molar-refractivity contribution in [1.82, 2.24) is 0 Å². The molecule has 0 saturated carbocycles. The van der Waals surface area contributed by atoms with Crippen LogP contribution in [0.25, 0.3) is 66.1 Å². The highest BCUT2D eigenvalue weighted by Gasteiger charge is 2.30. The van der Waals surface area contributed by atoms with Gasteiger partial charge in [0.05, 0.1) is 4.92 Å². The molecule has 6 aromatic rings. The monoisotopic (exact) mass is 449 g/mol. The third-order valence-electron chi connectivity index (χ3n) is 7.07. The van der Waals surface area contributed by atoms with E-state index in [-0.39, 0.29) is 10.6 Å². The molecule has 164 valence electrons. The molecule has 0 radical (unpaired) electrons. The van der Waals surface area contributed by atoms with Crippen LogP contribution in [0.5, 0.6) is 0 Å². The molecule has 0 atom stereocenters. The number of nitrogens with zero attached hydrogens (tertiary/aromatic N) is 1. The summed E-state index contributed by atoms with van der Waals surface area (Å²) in [6.45, 7) is 0. The minimum Gasteiger partial charge on any atom is -0.258 e. The average Bonchev–Trinajstić information content (AvgIpc) is 3.23. The fraction of sp³-hybridized carbons (Fsp3) is 0. The second-order valence-corrected chi connectivity index (χ2v) is 8.93. The number of hydrogen-bond donors (Lipinski definition) is 0. The zero-order chi connectivity index (χ0) is 23.5. The van der Waals surface area contributed by atoms with Gasteiger partial charge in [-0.05, 0) is 72.1 Å². The number of nitro benzene ring substituents is 1. The summed E-state index contributed by atoms with van der Waals surface area (Å²) in [5.74, 6) is 0. The van der Waals surface area contributed by atoms with E-state index in [0.29, 0.717) is 0 Å². The van der Waals surface area contributed by atoms with Crippen LogP contribution in [-0.4, -0.2) is 4.92 Å². The molecule has 0 unspecified atom stereocenters. The molecule has 35 heavy (non-hydrogen) atoms. The summed E-state index contributed by atoms with van der Waals surface area (Å²) in [7, 11) is 0. The van der Waals surface area contributed by atoms with E-state index in [1.807, 2.05) is 42.5 Å². The Balaban J connectivity index is 1.77.